The molecule has 3 rings (SSSR count). The van der Waals surface area contributed by atoms with E-state index in [1.165, 1.54) is 23.1 Å². The van der Waals surface area contributed by atoms with Gasteiger partial charge in [-0.3, -0.25) is 19.2 Å². The van der Waals surface area contributed by atoms with Crippen molar-refractivity contribution in [2.45, 2.75) is 4.90 Å². The molecule has 0 aliphatic carbocycles. The predicted molar refractivity (Wildman–Crippen MR) is 119 cm³/mol. The first-order chi connectivity index (χ1) is 14.7. The molecular weight excluding hydrogens is 442 g/mol. The highest BCUT2D eigenvalue weighted by Crippen LogP contribution is 2.30. The number of anilines is 2. The number of likely N-dealkylation sites (N-methyl/N-ethyl adjacent to an activating group) is 1. The predicted octanol–water partition coefficient (Wildman–Crippen LogP) is 4.11. The molecule has 0 spiro atoms. The maximum Gasteiger partial charge on any atom is 0.289 e. The van der Waals surface area contributed by atoms with Crippen LogP contribution in [0.15, 0.2) is 83.8 Å². The number of para-hydroxylation sites is 2. The maximum atomic E-state index is 13.4. The van der Waals surface area contributed by atoms with Crippen LogP contribution >= 0.6 is 11.6 Å². The minimum atomic E-state index is -4.31. The third-order valence-electron chi connectivity index (χ3n) is 4.54. The normalized spacial score (nSPS) is 11.0. The number of amides is 1. The second-order valence-electron chi connectivity index (χ2n) is 6.51. The van der Waals surface area contributed by atoms with Gasteiger partial charge in [0.15, 0.2) is 0 Å². The van der Waals surface area contributed by atoms with Gasteiger partial charge in [0.05, 0.1) is 15.5 Å². The molecule has 3 aromatic rings. The molecular formula is C21H18ClN3O5S. The summed E-state index contributed by atoms with van der Waals surface area (Å²) < 4.78 is 27.7. The molecule has 0 aromatic heterocycles. The van der Waals surface area contributed by atoms with Crippen LogP contribution in [0.25, 0.3) is 0 Å². The van der Waals surface area contributed by atoms with Crippen LogP contribution in [0.4, 0.5) is 17.1 Å². The summed E-state index contributed by atoms with van der Waals surface area (Å²) >= 11 is 5.82. The van der Waals surface area contributed by atoms with Crippen LogP contribution in [-0.2, 0) is 14.8 Å². The molecule has 0 aliphatic heterocycles. The first-order valence-corrected chi connectivity index (χ1v) is 10.9. The zero-order chi connectivity index (χ0) is 22.6. The van der Waals surface area contributed by atoms with Crippen molar-refractivity contribution >= 4 is 44.6 Å². The van der Waals surface area contributed by atoms with Crippen LogP contribution in [0.1, 0.15) is 0 Å². The Hall–Kier alpha value is -3.43. The highest BCUT2D eigenvalue weighted by Gasteiger charge is 2.30. The Labute approximate surface area is 184 Å². The minimum absolute atomic E-state index is 0.185. The van der Waals surface area contributed by atoms with E-state index in [0.717, 1.165) is 16.4 Å². The molecule has 160 valence electrons. The molecule has 10 heteroatoms. The Balaban J connectivity index is 2.03. The van der Waals surface area contributed by atoms with Crippen LogP contribution in [0.3, 0.4) is 0 Å². The van der Waals surface area contributed by atoms with Crippen LogP contribution in [-0.4, -0.2) is 32.8 Å². The molecule has 0 bridgehead atoms. The molecule has 31 heavy (non-hydrogen) atoms. The van der Waals surface area contributed by atoms with Crippen molar-refractivity contribution in [3.63, 3.8) is 0 Å². The zero-order valence-corrected chi connectivity index (χ0v) is 18.0. The maximum absolute atomic E-state index is 13.4. The van der Waals surface area contributed by atoms with E-state index in [1.54, 1.807) is 55.6 Å². The Morgan fingerprint density at radius 2 is 1.52 bits per heavy atom. The minimum Gasteiger partial charge on any atom is -0.314 e. The molecule has 0 saturated carbocycles. The van der Waals surface area contributed by atoms with Crippen molar-refractivity contribution in [1.29, 1.82) is 0 Å². The van der Waals surface area contributed by atoms with E-state index in [0.29, 0.717) is 5.69 Å². The van der Waals surface area contributed by atoms with E-state index in [4.69, 9.17) is 11.6 Å². The van der Waals surface area contributed by atoms with Gasteiger partial charge in [0.25, 0.3) is 15.7 Å². The average molecular weight is 460 g/mol. The summed E-state index contributed by atoms with van der Waals surface area (Å²) in [5, 5.41) is 11.0. The number of carbonyl (C=O) groups excluding carboxylic acids is 1. The first-order valence-electron chi connectivity index (χ1n) is 9.05. The molecule has 0 heterocycles. The number of hydrogen-bond acceptors (Lipinski definition) is 5. The van der Waals surface area contributed by atoms with E-state index in [9.17, 15) is 23.3 Å². The SMILES string of the molecule is CN(C(=O)CN(c1ccccc1)S(=O)(=O)c1ccc(Cl)c([N+](=O)[O-])c1)c1ccccc1. The molecule has 0 N–H and O–H groups in total. The second-order valence-corrected chi connectivity index (χ2v) is 8.78. The lowest BCUT2D eigenvalue weighted by molar-refractivity contribution is -0.384. The van der Waals surface area contributed by atoms with Gasteiger partial charge in [-0.1, -0.05) is 48.0 Å². The van der Waals surface area contributed by atoms with Gasteiger partial charge in [-0.15, -0.1) is 0 Å². The van der Waals surface area contributed by atoms with Gasteiger partial charge in [0.2, 0.25) is 5.91 Å². The largest absolute Gasteiger partial charge is 0.314 e. The number of benzene rings is 3. The average Bonchev–Trinajstić information content (AvgIpc) is 2.77. The number of nitro groups is 1. The summed E-state index contributed by atoms with van der Waals surface area (Å²) in [6.45, 7) is -0.506. The van der Waals surface area contributed by atoms with Gasteiger partial charge in [0, 0.05) is 18.8 Å². The zero-order valence-electron chi connectivity index (χ0n) is 16.4. The Morgan fingerprint density at radius 3 is 2.06 bits per heavy atom. The van der Waals surface area contributed by atoms with Crippen molar-refractivity contribution in [1.82, 2.24) is 0 Å². The van der Waals surface area contributed by atoms with Crippen LogP contribution in [0, 0.1) is 10.1 Å². The van der Waals surface area contributed by atoms with Gasteiger partial charge < -0.3 is 4.90 Å². The molecule has 1 amide bonds. The lowest BCUT2D eigenvalue weighted by Gasteiger charge is -2.26. The number of hydrogen-bond donors (Lipinski definition) is 0. The molecule has 3 aromatic carbocycles. The fraction of sp³-hybridized carbons (Fsp3) is 0.0952. The fourth-order valence-electron chi connectivity index (χ4n) is 2.85. The standard InChI is InChI=1S/C21H18ClN3O5S/c1-23(16-8-4-2-5-9-16)21(26)15-24(17-10-6-3-7-11-17)31(29,30)18-12-13-19(22)20(14-18)25(27)28/h2-14H,15H2,1H3. The van der Waals surface area contributed by atoms with Gasteiger partial charge in [0.1, 0.15) is 11.6 Å². The summed E-state index contributed by atoms with van der Waals surface area (Å²) in [5.74, 6) is -0.484. The van der Waals surface area contributed by atoms with Gasteiger partial charge in [-0.05, 0) is 36.4 Å². The number of halogens is 1. The molecule has 0 fully saturated rings. The number of nitro benzene ring substituents is 1. The van der Waals surface area contributed by atoms with E-state index in [1.807, 2.05) is 0 Å². The summed E-state index contributed by atoms with van der Waals surface area (Å²) in [6, 6.07) is 20.0. The molecule has 0 atom stereocenters. The van der Waals surface area contributed by atoms with E-state index in [2.05, 4.69) is 0 Å². The Kier molecular flexibility index (Phi) is 6.57. The molecule has 8 nitrogen and oxygen atoms in total. The smallest absolute Gasteiger partial charge is 0.289 e. The van der Waals surface area contributed by atoms with Crippen molar-refractivity contribution in [2.24, 2.45) is 0 Å². The van der Waals surface area contributed by atoms with Crippen LogP contribution in [0.2, 0.25) is 5.02 Å². The highest BCUT2D eigenvalue weighted by molar-refractivity contribution is 7.92. The summed E-state index contributed by atoms with van der Waals surface area (Å²) in [4.78, 5) is 24.4. The summed E-state index contributed by atoms with van der Waals surface area (Å²) in [7, 11) is -2.77. The Bertz CT molecular complexity index is 1200. The van der Waals surface area contributed by atoms with Gasteiger partial charge in [-0.2, -0.15) is 0 Å². The van der Waals surface area contributed by atoms with Crippen molar-refractivity contribution < 1.29 is 18.1 Å². The lowest BCUT2D eigenvalue weighted by atomic mass is 10.3. The fourth-order valence-corrected chi connectivity index (χ4v) is 4.48. The van der Waals surface area contributed by atoms with Crippen molar-refractivity contribution in [3.8, 4) is 0 Å². The molecule has 0 unspecified atom stereocenters. The number of carbonyl (C=O) groups is 1. The molecule has 0 aliphatic rings. The van der Waals surface area contributed by atoms with Crippen molar-refractivity contribution in [3.05, 3.63) is 94.0 Å². The first kappa shape index (κ1) is 22.3. The third-order valence-corrected chi connectivity index (χ3v) is 6.63. The molecule has 0 saturated heterocycles. The van der Waals surface area contributed by atoms with Gasteiger partial charge >= 0.3 is 0 Å². The van der Waals surface area contributed by atoms with E-state index < -0.39 is 33.1 Å². The van der Waals surface area contributed by atoms with E-state index in [-0.39, 0.29) is 15.6 Å². The lowest BCUT2D eigenvalue weighted by Crippen LogP contribution is -2.41. The number of rotatable bonds is 7. The highest BCUT2D eigenvalue weighted by atomic mass is 35.5. The monoisotopic (exact) mass is 459 g/mol. The summed E-state index contributed by atoms with van der Waals surface area (Å²) in [6.07, 6.45) is 0. The van der Waals surface area contributed by atoms with Gasteiger partial charge in [-0.25, -0.2) is 8.42 Å². The number of sulfonamides is 1. The van der Waals surface area contributed by atoms with Crippen LogP contribution < -0.4 is 9.21 Å². The van der Waals surface area contributed by atoms with E-state index >= 15 is 0 Å². The summed E-state index contributed by atoms with van der Waals surface area (Å²) in [5.41, 5.74) is 0.304. The quantitative estimate of drug-likeness (QED) is 0.391. The van der Waals surface area contributed by atoms with Crippen molar-refractivity contribution in [2.75, 3.05) is 22.8 Å². The second kappa shape index (κ2) is 9.15. The Morgan fingerprint density at radius 1 is 0.968 bits per heavy atom. The molecule has 0 radical (unpaired) electrons. The third kappa shape index (κ3) is 4.84. The topological polar surface area (TPSA) is 101 Å². The van der Waals surface area contributed by atoms with Crippen LogP contribution in [0.5, 0.6) is 0 Å². The number of nitrogens with zero attached hydrogens (tertiary/aromatic N) is 3.